The van der Waals surface area contributed by atoms with E-state index in [0.29, 0.717) is 22.9 Å². The van der Waals surface area contributed by atoms with Crippen LogP contribution in [-0.2, 0) is 0 Å². The molecule has 8 nitrogen and oxygen atoms in total. The number of methoxy groups -OCH3 is 1. The normalized spacial score (nSPS) is 15.2. The van der Waals surface area contributed by atoms with Crippen LogP contribution in [0.15, 0.2) is 60.0 Å². The van der Waals surface area contributed by atoms with Crippen LogP contribution >= 0.6 is 0 Å². The summed E-state index contributed by atoms with van der Waals surface area (Å²) in [5.41, 5.74) is 9.67. The largest absolute Gasteiger partial charge is 0.497 e. The summed E-state index contributed by atoms with van der Waals surface area (Å²) in [5, 5.41) is 23.9. The molecule has 0 aliphatic carbocycles. The average molecular weight is 430 g/mol. The molecule has 1 aliphatic rings. The molecule has 0 saturated carbocycles. The summed E-state index contributed by atoms with van der Waals surface area (Å²) in [4.78, 5) is 11.2. The highest BCUT2D eigenvalue weighted by Crippen LogP contribution is 2.46. The predicted molar refractivity (Wildman–Crippen MR) is 117 cm³/mol. The third kappa shape index (κ3) is 3.44. The predicted octanol–water partition coefficient (Wildman–Crippen LogP) is 3.92. The third-order valence-corrected chi connectivity index (χ3v) is 5.43. The highest BCUT2D eigenvalue weighted by Gasteiger charge is 2.37. The number of carbonyl (C=O) groups is 1. The molecule has 0 radical (unpaired) electrons. The minimum absolute atomic E-state index is 0.0134. The fraction of sp³-hybridized carbons (Fsp3) is 0.208. The van der Waals surface area contributed by atoms with Gasteiger partial charge >= 0.3 is 5.97 Å². The molecule has 162 valence electrons. The molecule has 0 spiro atoms. The van der Waals surface area contributed by atoms with Crippen molar-refractivity contribution in [2.24, 2.45) is 5.73 Å². The Labute approximate surface area is 185 Å². The molecular weight excluding hydrogens is 408 g/mol. The number of rotatable bonds is 5. The molecule has 0 saturated heterocycles. The van der Waals surface area contributed by atoms with Gasteiger partial charge in [0.15, 0.2) is 0 Å². The number of aromatic nitrogens is 2. The number of ether oxygens (including phenoxy) is 2. The van der Waals surface area contributed by atoms with Gasteiger partial charge in [0.05, 0.1) is 35.5 Å². The monoisotopic (exact) mass is 430 g/mol. The van der Waals surface area contributed by atoms with Crippen LogP contribution in [0.25, 0.3) is 5.69 Å². The van der Waals surface area contributed by atoms with E-state index in [4.69, 9.17) is 20.3 Å². The second kappa shape index (κ2) is 8.12. The lowest BCUT2D eigenvalue weighted by molar-refractivity contribution is 0.0697. The van der Waals surface area contributed by atoms with Gasteiger partial charge in [-0.05, 0) is 47.9 Å². The smallest absolute Gasteiger partial charge is 0.335 e. The SMILES string of the molecule is COc1ccc(C2C(C#N)=C(N)Oc3c2c(C(C)C)nn3-c2ccc(C(=O)O)cc2)cc1. The molecule has 8 heteroatoms. The van der Waals surface area contributed by atoms with Crippen molar-refractivity contribution in [3.05, 3.63) is 82.4 Å². The minimum Gasteiger partial charge on any atom is -0.497 e. The Kier molecular flexibility index (Phi) is 5.33. The molecule has 3 N–H and O–H groups in total. The summed E-state index contributed by atoms with van der Waals surface area (Å²) in [6.07, 6.45) is 0. The molecule has 1 unspecified atom stereocenters. The number of fused-ring (bicyclic) bond motifs is 1. The van der Waals surface area contributed by atoms with Gasteiger partial charge in [0.1, 0.15) is 17.4 Å². The number of hydrogen-bond acceptors (Lipinski definition) is 6. The Balaban J connectivity index is 1.94. The van der Waals surface area contributed by atoms with Gasteiger partial charge in [0.2, 0.25) is 11.8 Å². The number of hydrogen-bond donors (Lipinski definition) is 2. The summed E-state index contributed by atoms with van der Waals surface area (Å²) >= 11 is 0. The molecule has 32 heavy (non-hydrogen) atoms. The van der Waals surface area contributed by atoms with Gasteiger partial charge in [-0.25, -0.2) is 9.48 Å². The maximum atomic E-state index is 11.2. The van der Waals surface area contributed by atoms with Crippen LogP contribution in [0.2, 0.25) is 0 Å². The number of allylic oxidation sites excluding steroid dienone is 1. The minimum atomic E-state index is -1.01. The van der Waals surface area contributed by atoms with Crippen LogP contribution in [0, 0.1) is 11.3 Å². The maximum Gasteiger partial charge on any atom is 0.335 e. The van der Waals surface area contributed by atoms with Gasteiger partial charge in [0.25, 0.3) is 0 Å². The highest BCUT2D eigenvalue weighted by atomic mass is 16.5. The van der Waals surface area contributed by atoms with E-state index < -0.39 is 11.9 Å². The first-order valence-electron chi connectivity index (χ1n) is 10.0. The number of nitriles is 1. The molecule has 1 atom stereocenters. The van der Waals surface area contributed by atoms with E-state index in [2.05, 4.69) is 6.07 Å². The molecule has 2 heterocycles. The maximum absolute atomic E-state index is 11.2. The van der Waals surface area contributed by atoms with Gasteiger partial charge in [-0.3, -0.25) is 0 Å². The first kappa shape index (κ1) is 21.0. The van der Waals surface area contributed by atoms with Crippen LogP contribution in [0.4, 0.5) is 0 Å². The van der Waals surface area contributed by atoms with Crippen molar-refractivity contribution >= 4 is 5.97 Å². The number of aromatic carboxylic acids is 1. The zero-order valence-corrected chi connectivity index (χ0v) is 17.9. The molecular formula is C24H22N4O4. The molecule has 1 aliphatic heterocycles. The van der Waals surface area contributed by atoms with Crippen LogP contribution in [0.3, 0.4) is 0 Å². The third-order valence-electron chi connectivity index (χ3n) is 5.43. The summed E-state index contributed by atoms with van der Waals surface area (Å²) in [6.45, 7) is 4.03. The van der Waals surface area contributed by atoms with Crippen LogP contribution in [0.5, 0.6) is 11.6 Å². The van der Waals surface area contributed by atoms with Crippen molar-refractivity contribution in [3.8, 4) is 23.4 Å². The van der Waals surface area contributed by atoms with Crippen molar-refractivity contribution in [2.75, 3.05) is 7.11 Å². The molecule has 1 aromatic heterocycles. The van der Waals surface area contributed by atoms with Gasteiger partial charge in [-0.2, -0.15) is 10.4 Å². The van der Waals surface area contributed by atoms with Gasteiger partial charge in [-0.1, -0.05) is 26.0 Å². The number of nitrogens with zero attached hydrogens (tertiary/aromatic N) is 3. The van der Waals surface area contributed by atoms with Crippen molar-refractivity contribution in [3.63, 3.8) is 0 Å². The zero-order chi connectivity index (χ0) is 23.0. The first-order valence-corrected chi connectivity index (χ1v) is 10.0. The van der Waals surface area contributed by atoms with Crippen LogP contribution in [0.1, 0.15) is 52.9 Å². The van der Waals surface area contributed by atoms with Crippen molar-refractivity contribution < 1.29 is 19.4 Å². The Morgan fingerprint density at radius 3 is 2.41 bits per heavy atom. The molecule has 0 bridgehead atoms. The molecule has 0 amide bonds. The number of nitrogens with two attached hydrogens (primary N) is 1. The van der Waals surface area contributed by atoms with E-state index in [1.54, 1.807) is 23.9 Å². The fourth-order valence-corrected chi connectivity index (χ4v) is 3.84. The summed E-state index contributed by atoms with van der Waals surface area (Å²) < 4.78 is 12.8. The Bertz CT molecular complexity index is 1250. The fourth-order valence-electron chi connectivity index (χ4n) is 3.84. The topological polar surface area (TPSA) is 123 Å². The van der Waals surface area contributed by atoms with E-state index >= 15 is 0 Å². The lowest BCUT2D eigenvalue weighted by Crippen LogP contribution is -2.22. The quantitative estimate of drug-likeness (QED) is 0.629. The van der Waals surface area contributed by atoms with E-state index in [0.717, 1.165) is 16.8 Å². The van der Waals surface area contributed by atoms with Crippen LogP contribution in [-0.4, -0.2) is 28.0 Å². The number of carboxylic acid groups (broad SMARTS) is 1. The van der Waals surface area contributed by atoms with E-state index in [1.807, 2.05) is 38.1 Å². The molecule has 0 fully saturated rings. The average Bonchev–Trinajstić information content (AvgIpc) is 3.17. The highest BCUT2D eigenvalue weighted by molar-refractivity contribution is 5.87. The second-order valence-electron chi connectivity index (χ2n) is 7.72. The van der Waals surface area contributed by atoms with E-state index in [9.17, 15) is 15.2 Å². The van der Waals surface area contributed by atoms with Gasteiger partial charge in [0, 0.05) is 0 Å². The van der Waals surface area contributed by atoms with Crippen molar-refractivity contribution in [2.45, 2.75) is 25.7 Å². The van der Waals surface area contributed by atoms with E-state index in [1.165, 1.54) is 12.1 Å². The number of carboxylic acids is 1. The lowest BCUT2D eigenvalue weighted by atomic mass is 9.82. The first-order chi connectivity index (χ1) is 15.3. The molecule has 3 aromatic rings. The van der Waals surface area contributed by atoms with E-state index in [-0.39, 0.29) is 17.4 Å². The molecule has 4 rings (SSSR count). The Hall–Kier alpha value is -4.25. The Morgan fingerprint density at radius 1 is 1.22 bits per heavy atom. The van der Waals surface area contributed by atoms with Crippen molar-refractivity contribution in [1.82, 2.24) is 9.78 Å². The number of benzene rings is 2. The summed E-state index contributed by atoms with van der Waals surface area (Å²) in [7, 11) is 1.59. The lowest BCUT2D eigenvalue weighted by Gasteiger charge is -2.25. The molecule has 2 aromatic carbocycles. The van der Waals surface area contributed by atoms with Crippen molar-refractivity contribution in [1.29, 1.82) is 5.26 Å². The summed E-state index contributed by atoms with van der Waals surface area (Å²) in [5.74, 6) is -0.308. The van der Waals surface area contributed by atoms with Crippen LogP contribution < -0.4 is 15.2 Å². The zero-order valence-electron chi connectivity index (χ0n) is 17.9. The summed E-state index contributed by atoms with van der Waals surface area (Å²) in [6, 6.07) is 16.0. The standard InChI is InChI=1S/C24H22N4O4/c1-13(2)21-20-19(14-6-10-17(31-3)11-7-14)18(12-25)22(26)32-23(20)28(27-21)16-8-4-15(5-9-16)24(29)30/h4-11,13,19H,26H2,1-3H3,(H,29,30). The second-order valence-corrected chi connectivity index (χ2v) is 7.72. The van der Waals surface area contributed by atoms with Gasteiger partial charge in [-0.15, -0.1) is 0 Å². The Morgan fingerprint density at radius 2 is 1.88 bits per heavy atom. The van der Waals surface area contributed by atoms with Gasteiger partial charge < -0.3 is 20.3 Å².